The van der Waals surface area contributed by atoms with Gasteiger partial charge in [0, 0.05) is 31.8 Å². The average Bonchev–Trinajstić information content (AvgIpc) is 2.35. The van der Waals surface area contributed by atoms with Gasteiger partial charge in [-0.1, -0.05) is 6.92 Å². The maximum atomic E-state index is 9.91. The molecule has 19 heavy (non-hydrogen) atoms. The Kier molecular flexibility index (Phi) is 5.63. The van der Waals surface area contributed by atoms with Gasteiger partial charge in [-0.3, -0.25) is 4.90 Å². The summed E-state index contributed by atoms with van der Waals surface area (Å²) < 4.78 is 0. The predicted octanol–water partition coefficient (Wildman–Crippen LogP) is 0.828. The SMILES string of the molecule is CC1CC(N2CC(NCCCO)CC(C(C)O)C2)C1. The van der Waals surface area contributed by atoms with Gasteiger partial charge < -0.3 is 15.5 Å². The van der Waals surface area contributed by atoms with Crippen LogP contribution in [0.25, 0.3) is 0 Å². The molecule has 1 heterocycles. The lowest BCUT2D eigenvalue weighted by molar-refractivity contribution is -0.00297. The highest BCUT2D eigenvalue weighted by molar-refractivity contribution is 4.93. The Morgan fingerprint density at radius 1 is 1.26 bits per heavy atom. The summed E-state index contributed by atoms with van der Waals surface area (Å²) in [6.07, 6.45) is 4.28. The van der Waals surface area contributed by atoms with Crippen molar-refractivity contribution >= 4 is 0 Å². The van der Waals surface area contributed by atoms with Gasteiger partial charge in [0.05, 0.1) is 6.10 Å². The molecule has 0 aromatic rings. The zero-order valence-corrected chi connectivity index (χ0v) is 12.4. The summed E-state index contributed by atoms with van der Waals surface area (Å²) in [6.45, 7) is 7.53. The van der Waals surface area contributed by atoms with Crippen molar-refractivity contribution in [3.63, 3.8) is 0 Å². The molecular weight excluding hydrogens is 240 g/mol. The van der Waals surface area contributed by atoms with Gasteiger partial charge in [-0.2, -0.15) is 0 Å². The second kappa shape index (κ2) is 7.02. The number of hydrogen-bond acceptors (Lipinski definition) is 4. The third-order valence-electron chi connectivity index (χ3n) is 4.83. The lowest BCUT2D eigenvalue weighted by atomic mass is 9.78. The van der Waals surface area contributed by atoms with Crippen molar-refractivity contribution in [1.29, 1.82) is 0 Å². The first-order valence-corrected chi connectivity index (χ1v) is 7.86. The Labute approximate surface area is 117 Å². The number of nitrogens with zero attached hydrogens (tertiary/aromatic N) is 1. The van der Waals surface area contributed by atoms with E-state index in [4.69, 9.17) is 5.11 Å². The number of piperidine rings is 1. The van der Waals surface area contributed by atoms with Crippen molar-refractivity contribution in [2.24, 2.45) is 11.8 Å². The fourth-order valence-corrected chi connectivity index (χ4v) is 3.51. The van der Waals surface area contributed by atoms with E-state index < -0.39 is 0 Å². The smallest absolute Gasteiger partial charge is 0.0553 e. The lowest BCUT2D eigenvalue weighted by Gasteiger charge is -2.48. The van der Waals surface area contributed by atoms with E-state index in [1.165, 1.54) is 12.8 Å². The summed E-state index contributed by atoms with van der Waals surface area (Å²) in [4.78, 5) is 2.58. The second-order valence-corrected chi connectivity index (χ2v) is 6.65. The van der Waals surface area contributed by atoms with Gasteiger partial charge in [-0.15, -0.1) is 0 Å². The lowest BCUT2D eigenvalue weighted by Crippen LogP contribution is -2.57. The van der Waals surface area contributed by atoms with Crippen LogP contribution in [0.2, 0.25) is 0 Å². The van der Waals surface area contributed by atoms with Crippen molar-refractivity contribution in [3.8, 4) is 0 Å². The number of likely N-dealkylation sites (tertiary alicyclic amines) is 1. The molecule has 3 unspecified atom stereocenters. The van der Waals surface area contributed by atoms with Crippen LogP contribution in [-0.2, 0) is 0 Å². The normalized spacial score (nSPS) is 37.9. The molecule has 0 aromatic heterocycles. The maximum absolute atomic E-state index is 9.91. The van der Waals surface area contributed by atoms with E-state index >= 15 is 0 Å². The van der Waals surface area contributed by atoms with Crippen LogP contribution < -0.4 is 5.32 Å². The number of aliphatic hydroxyl groups excluding tert-OH is 2. The summed E-state index contributed by atoms with van der Waals surface area (Å²) in [7, 11) is 0. The highest BCUT2D eigenvalue weighted by atomic mass is 16.3. The summed E-state index contributed by atoms with van der Waals surface area (Å²) in [5, 5.41) is 22.3. The van der Waals surface area contributed by atoms with Gasteiger partial charge in [0.15, 0.2) is 0 Å². The van der Waals surface area contributed by atoms with E-state index in [2.05, 4.69) is 17.1 Å². The zero-order valence-electron chi connectivity index (χ0n) is 12.4. The van der Waals surface area contributed by atoms with Crippen LogP contribution in [0.15, 0.2) is 0 Å². The Morgan fingerprint density at radius 2 is 2.00 bits per heavy atom. The number of nitrogens with one attached hydrogen (secondary N) is 1. The highest BCUT2D eigenvalue weighted by Gasteiger charge is 2.37. The quantitative estimate of drug-likeness (QED) is 0.626. The van der Waals surface area contributed by atoms with Gasteiger partial charge in [0.2, 0.25) is 0 Å². The molecule has 0 radical (unpaired) electrons. The largest absolute Gasteiger partial charge is 0.396 e. The average molecular weight is 270 g/mol. The van der Waals surface area contributed by atoms with Gasteiger partial charge in [0.25, 0.3) is 0 Å². The van der Waals surface area contributed by atoms with E-state index in [1.807, 2.05) is 6.92 Å². The third kappa shape index (κ3) is 4.15. The molecule has 0 amide bonds. The van der Waals surface area contributed by atoms with E-state index in [0.717, 1.165) is 44.4 Å². The molecule has 0 spiro atoms. The minimum atomic E-state index is -0.220. The zero-order chi connectivity index (χ0) is 13.8. The molecule has 1 aliphatic heterocycles. The van der Waals surface area contributed by atoms with Gasteiger partial charge in [0.1, 0.15) is 0 Å². The van der Waals surface area contributed by atoms with Crippen LogP contribution in [0, 0.1) is 11.8 Å². The molecule has 2 aliphatic rings. The van der Waals surface area contributed by atoms with Crippen LogP contribution in [0.5, 0.6) is 0 Å². The highest BCUT2D eigenvalue weighted by Crippen LogP contribution is 2.34. The Balaban J connectivity index is 1.85. The van der Waals surface area contributed by atoms with Crippen molar-refractivity contribution in [3.05, 3.63) is 0 Å². The van der Waals surface area contributed by atoms with Crippen molar-refractivity contribution in [1.82, 2.24) is 10.2 Å². The summed E-state index contributed by atoms with van der Waals surface area (Å²) in [5.74, 6) is 1.26. The van der Waals surface area contributed by atoms with Crippen LogP contribution in [0.4, 0.5) is 0 Å². The standard InChI is InChI=1S/C15H30N2O2/c1-11-6-15(7-11)17-9-13(12(2)19)8-14(10-17)16-4-3-5-18/h11-16,18-19H,3-10H2,1-2H3. The molecule has 2 rings (SSSR count). The molecule has 3 N–H and O–H groups in total. The van der Waals surface area contributed by atoms with Crippen molar-refractivity contribution in [2.75, 3.05) is 26.2 Å². The number of aliphatic hydroxyl groups is 2. The molecule has 4 nitrogen and oxygen atoms in total. The Hall–Kier alpha value is -0.160. The Morgan fingerprint density at radius 3 is 2.58 bits per heavy atom. The molecule has 1 saturated carbocycles. The molecule has 1 aliphatic carbocycles. The molecule has 0 aromatic carbocycles. The molecule has 2 fully saturated rings. The van der Waals surface area contributed by atoms with E-state index in [1.54, 1.807) is 0 Å². The molecular formula is C15H30N2O2. The third-order valence-corrected chi connectivity index (χ3v) is 4.83. The first-order chi connectivity index (χ1) is 9.10. The van der Waals surface area contributed by atoms with Gasteiger partial charge in [-0.25, -0.2) is 0 Å². The summed E-state index contributed by atoms with van der Waals surface area (Å²) in [5.41, 5.74) is 0. The first-order valence-electron chi connectivity index (χ1n) is 7.86. The number of rotatable bonds is 6. The second-order valence-electron chi connectivity index (χ2n) is 6.65. The molecule has 3 atom stereocenters. The molecule has 1 saturated heterocycles. The van der Waals surface area contributed by atoms with Crippen molar-refractivity contribution in [2.45, 2.75) is 57.7 Å². The fraction of sp³-hybridized carbons (Fsp3) is 1.00. The van der Waals surface area contributed by atoms with Crippen molar-refractivity contribution < 1.29 is 10.2 Å². The van der Waals surface area contributed by atoms with E-state index in [9.17, 15) is 5.11 Å². The van der Waals surface area contributed by atoms with Gasteiger partial charge >= 0.3 is 0 Å². The van der Waals surface area contributed by atoms with Crippen LogP contribution in [0.1, 0.15) is 39.5 Å². The monoisotopic (exact) mass is 270 g/mol. The topological polar surface area (TPSA) is 55.7 Å². The fourth-order valence-electron chi connectivity index (χ4n) is 3.51. The molecule has 4 heteroatoms. The minimum Gasteiger partial charge on any atom is -0.396 e. The molecule has 112 valence electrons. The van der Waals surface area contributed by atoms with E-state index in [-0.39, 0.29) is 12.7 Å². The minimum absolute atomic E-state index is 0.220. The van der Waals surface area contributed by atoms with Crippen LogP contribution in [0.3, 0.4) is 0 Å². The Bertz CT molecular complexity index is 267. The predicted molar refractivity (Wildman–Crippen MR) is 77.0 cm³/mol. The number of hydrogen-bond donors (Lipinski definition) is 3. The van der Waals surface area contributed by atoms with Crippen LogP contribution in [-0.4, -0.2) is 59.5 Å². The van der Waals surface area contributed by atoms with Crippen LogP contribution >= 0.6 is 0 Å². The van der Waals surface area contributed by atoms with E-state index in [0.29, 0.717) is 12.0 Å². The summed E-state index contributed by atoms with van der Waals surface area (Å²) >= 11 is 0. The maximum Gasteiger partial charge on any atom is 0.0553 e. The first kappa shape index (κ1) is 15.2. The van der Waals surface area contributed by atoms with Gasteiger partial charge in [-0.05, 0) is 51.0 Å². The molecule has 0 bridgehead atoms. The summed E-state index contributed by atoms with van der Waals surface area (Å²) in [6, 6.07) is 1.20.